The molecule has 0 bridgehead atoms. The number of hydrogen-bond donors (Lipinski definition) is 1. The van der Waals surface area contributed by atoms with E-state index < -0.39 is 0 Å². The third-order valence-corrected chi connectivity index (χ3v) is 4.89. The van der Waals surface area contributed by atoms with Gasteiger partial charge in [0.05, 0.1) is 0 Å². The highest BCUT2D eigenvalue weighted by atomic mass is 32.1. The fraction of sp³-hybridized carbons (Fsp3) is 0.375. The SMILES string of the molecule is Cc1ccc(-c2cc3c(s2)CNC(C)C3)c(C)c1. The van der Waals surface area contributed by atoms with Crippen LogP contribution < -0.4 is 5.32 Å². The first-order valence-corrected chi connectivity index (χ1v) is 7.38. The van der Waals surface area contributed by atoms with Gasteiger partial charge in [-0.3, -0.25) is 0 Å². The number of thiophene rings is 1. The van der Waals surface area contributed by atoms with Gasteiger partial charge in [0.15, 0.2) is 0 Å². The Morgan fingerprint density at radius 3 is 2.83 bits per heavy atom. The summed E-state index contributed by atoms with van der Waals surface area (Å²) < 4.78 is 0. The van der Waals surface area contributed by atoms with Gasteiger partial charge in [-0.25, -0.2) is 0 Å². The Labute approximate surface area is 113 Å². The van der Waals surface area contributed by atoms with Crippen molar-refractivity contribution in [1.82, 2.24) is 5.32 Å². The van der Waals surface area contributed by atoms with Crippen LogP contribution in [-0.2, 0) is 13.0 Å². The number of benzene rings is 1. The summed E-state index contributed by atoms with van der Waals surface area (Å²) in [5, 5.41) is 3.54. The van der Waals surface area contributed by atoms with Crippen molar-refractivity contribution in [3.05, 3.63) is 45.8 Å². The van der Waals surface area contributed by atoms with Gasteiger partial charge in [0.25, 0.3) is 0 Å². The molecular weight excluding hydrogens is 238 g/mol. The summed E-state index contributed by atoms with van der Waals surface area (Å²) in [4.78, 5) is 2.94. The molecule has 1 aliphatic heterocycles. The van der Waals surface area contributed by atoms with Gasteiger partial charge >= 0.3 is 0 Å². The predicted molar refractivity (Wildman–Crippen MR) is 79.2 cm³/mol. The second-order valence-corrected chi connectivity index (χ2v) is 6.50. The van der Waals surface area contributed by atoms with Crippen molar-refractivity contribution >= 4 is 11.3 Å². The molecule has 1 nitrogen and oxygen atoms in total. The molecule has 1 aromatic heterocycles. The molecule has 2 aromatic rings. The standard InChI is InChI=1S/C16H19NS/c1-10-4-5-14(11(2)6-10)15-8-13-7-12(3)17-9-16(13)18-15/h4-6,8,12,17H,7,9H2,1-3H3. The zero-order chi connectivity index (χ0) is 12.7. The average molecular weight is 257 g/mol. The van der Waals surface area contributed by atoms with E-state index in [1.165, 1.54) is 26.4 Å². The summed E-state index contributed by atoms with van der Waals surface area (Å²) in [5.41, 5.74) is 5.66. The highest BCUT2D eigenvalue weighted by Gasteiger charge is 2.18. The van der Waals surface area contributed by atoms with Crippen LogP contribution in [0.15, 0.2) is 24.3 Å². The first-order chi connectivity index (χ1) is 8.63. The minimum absolute atomic E-state index is 0.610. The summed E-state index contributed by atoms with van der Waals surface area (Å²) in [6.07, 6.45) is 1.16. The summed E-state index contributed by atoms with van der Waals surface area (Å²) in [6.45, 7) is 7.66. The van der Waals surface area contributed by atoms with Crippen LogP contribution in [0.2, 0.25) is 0 Å². The Hall–Kier alpha value is -1.12. The highest BCUT2D eigenvalue weighted by molar-refractivity contribution is 7.15. The second kappa shape index (κ2) is 4.52. The van der Waals surface area contributed by atoms with Crippen molar-refractivity contribution in [2.75, 3.05) is 0 Å². The van der Waals surface area contributed by atoms with E-state index in [0.717, 1.165) is 13.0 Å². The van der Waals surface area contributed by atoms with Gasteiger partial charge in [-0.05, 0) is 49.9 Å². The highest BCUT2D eigenvalue weighted by Crippen LogP contribution is 2.35. The molecule has 0 radical (unpaired) electrons. The first kappa shape index (κ1) is 11.9. The molecule has 1 aromatic carbocycles. The molecule has 0 amide bonds. The van der Waals surface area contributed by atoms with Gasteiger partial charge in [-0.1, -0.05) is 23.8 Å². The molecule has 1 N–H and O–H groups in total. The van der Waals surface area contributed by atoms with Gasteiger partial charge in [-0.15, -0.1) is 11.3 Å². The van der Waals surface area contributed by atoms with E-state index in [9.17, 15) is 0 Å². The van der Waals surface area contributed by atoms with Crippen LogP contribution in [0.4, 0.5) is 0 Å². The Morgan fingerprint density at radius 2 is 2.06 bits per heavy atom. The van der Waals surface area contributed by atoms with Crippen molar-refractivity contribution in [2.45, 2.75) is 39.8 Å². The summed E-state index contributed by atoms with van der Waals surface area (Å²) in [5.74, 6) is 0. The van der Waals surface area contributed by atoms with Crippen LogP contribution in [0.25, 0.3) is 10.4 Å². The largest absolute Gasteiger partial charge is 0.309 e. The Kier molecular flexibility index (Phi) is 3.00. The smallest absolute Gasteiger partial charge is 0.0351 e. The number of aryl methyl sites for hydroxylation is 2. The molecule has 0 saturated heterocycles. The van der Waals surface area contributed by atoms with Gasteiger partial charge in [0, 0.05) is 22.3 Å². The van der Waals surface area contributed by atoms with E-state index in [-0.39, 0.29) is 0 Å². The molecule has 2 heterocycles. The van der Waals surface area contributed by atoms with Gasteiger partial charge in [0.2, 0.25) is 0 Å². The minimum Gasteiger partial charge on any atom is -0.309 e. The molecule has 1 unspecified atom stereocenters. The molecule has 0 fully saturated rings. The maximum atomic E-state index is 3.54. The van der Waals surface area contributed by atoms with Crippen molar-refractivity contribution in [1.29, 1.82) is 0 Å². The normalized spacial score (nSPS) is 18.7. The van der Waals surface area contributed by atoms with Crippen LogP contribution in [0.1, 0.15) is 28.5 Å². The van der Waals surface area contributed by atoms with Crippen LogP contribution >= 0.6 is 11.3 Å². The Balaban J connectivity index is 2.02. The maximum Gasteiger partial charge on any atom is 0.0351 e. The third kappa shape index (κ3) is 2.11. The molecule has 1 aliphatic rings. The number of hydrogen-bond acceptors (Lipinski definition) is 2. The van der Waals surface area contributed by atoms with Crippen molar-refractivity contribution in [3.8, 4) is 10.4 Å². The summed E-state index contributed by atoms with van der Waals surface area (Å²) in [7, 11) is 0. The van der Waals surface area contributed by atoms with Crippen LogP contribution in [-0.4, -0.2) is 6.04 Å². The topological polar surface area (TPSA) is 12.0 Å². The first-order valence-electron chi connectivity index (χ1n) is 6.56. The number of rotatable bonds is 1. The average Bonchev–Trinajstić information content (AvgIpc) is 2.71. The lowest BCUT2D eigenvalue weighted by atomic mass is 10.0. The predicted octanol–water partition coefficient (Wildman–Crippen LogP) is 4.07. The van der Waals surface area contributed by atoms with Gasteiger partial charge in [-0.2, -0.15) is 0 Å². The molecule has 0 aliphatic carbocycles. The zero-order valence-corrected chi connectivity index (χ0v) is 12.0. The molecular formula is C16H19NS. The number of fused-ring (bicyclic) bond motifs is 1. The Morgan fingerprint density at radius 1 is 1.22 bits per heavy atom. The fourth-order valence-electron chi connectivity index (χ4n) is 2.68. The molecule has 2 heteroatoms. The lowest BCUT2D eigenvalue weighted by Crippen LogP contribution is -2.31. The monoisotopic (exact) mass is 257 g/mol. The molecule has 0 spiro atoms. The number of nitrogens with one attached hydrogen (secondary N) is 1. The van der Waals surface area contributed by atoms with Gasteiger partial charge < -0.3 is 5.32 Å². The van der Waals surface area contributed by atoms with Gasteiger partial charge in [0.1, 0.15) is 0 Å². The van der Waals surface area contributed by atoms with E-state index in [1.807, 2.05) is 11.3 Å². The van der Waals surface area contributed by atoms with E-state index in [1.54, 1.807) is 5.56 Å². The van der Waals surface area contributed by atoms with Crippen LogP contribution in [0.5, 0.6) is 0 Å². The fourth-order valence-corrected chi connectivity index (χ4v) is 3.92. The van der Waals surface area contributed by atoms with Crippen LogP contribution in [0, 0.1) is 13.8 Å². The lowest BCUT2D eigenvalue weighted by molar-refractivity contribution is 0.520. The Bertz CT molecular complexity index is 583. The van der Waals surface area contributed by atoms with E-state index in [2.05, 4.69) is 50.4 Å². The molecule has 0 saturated carbocycles. The lowest BCUT2D eigenvalue weighted by Gasteiger charge is -2.19. The molecule has 94 valence electrons. The van der Waals surface area contributed by atoms with E-state index in [0.29, 0.717) is 6.04 Å². The summed E-state index contributed by atoms with van der Waals surface area (Å²) in [6, 6.07) is 9.75. The molecule has 1 atom stereocenters. The molecule has 3 rings (SSSR count). The van der Waals surface area contributed by atoms with E-state index >= 15 is 0 Å². The maximum absolute atomic E-state index is 3.54. The van der Waals surface area contributed by atoms with Crippen molar-refractivity contribution in [2.24, 2.45) is 0 Å². The van der Waals surface area contributed by atoms with Crippen molar-refractivity contribution in [3.63, 3.8) is 0 Å². The van der Waals surface area contributed by atoms with Crippen molar-refractivity contribution < 1.29 is 0 Å². The quantitative estimate of drug-likeness (QED) is 0.812. The minimum atomic E-state index is 0.610. The molecule has 18 heavy (non-hydrogen) atoms. The second-order valence-electron chi connectivity index (χ2n) is 5.36. The summed E-state index contributed by atoms with van der Waals surface area (Å²) >= 11 is 1.95. The zero-order valence-electron chi connectivity index (χ0n) is 11.2. The van der Waals surface area contributed by atoms with E-state index in [4.69, 9.17) is 0 Å². The van der Waals surface area contributed by atoms with Crippen LogP contribution in [0.3, 0.4) is 0 Å². The third-order valence-electron chi connectivity index (χ3n) is 3.68.